The summed E-state index contributed by atoms with van der Waals surface area (Å²) in [5.41, 5.74) is 4.93. The second-order valence-electron chi connectivity index (χ2n) is 5.76. The summed E-state index contributed by atoms with van der Waals surface area (Å²) in [6, 6.07) is 0. The van der Waals surface area contributed by atoms with E-state index in [1.54, 1.807) is 0 Å². The molecule has 1 unspecified atom stereocenters. The van der Waals surface area contributed by atoms with Crippen molar-refractivity contribution in [3.63, 3.8) is 0 Å². The molecule has 1 atom stereocenters. The summed E-state index contributed by atoms with van der Waals surface area (Å²) >= 11 is 0. The van der Waals surface area contributed by atoms with E-state index in [9.17, 15) is 14.3 Å². The Morgan fingerprint density at radius 1 is 0.955 bits per heavy atom. The minimum atomic E-state index is -3.37. The second kappa shape index (κ2) is 16.1. The summed E-state index contributed by atoms with van der Waals surface area (Å²) in [4.78, 5) is 20.1. The van der Waals surface area contributed by atoms with Crippen LogP contribution in [0.15, 0.2) is 0 Å². The normalized spacial score (nSPS) is 13.4. The molecule has 0 saturated heterocycles. The third-order valence-electron chi connectivity index (χ3n) is 3.57. The van der Waals surface area contributed by atoms with Crippen LogP contribution in [0.1, 0.15) is 77.6 Å². The van der Waals surface area contributed by atoms with E-state index >= 15 is 0 Å². The summed E-state index contributed by atoms with van der Waals surface area (Å²) in [7, 11) is -3.37. The van der Waals surface area contributed by atoms with Crippen molar-refractivity contribution in [2.24, 2.45) is 5.73 Å². The quantitative estimate of drug-likeness (QED) is 0.233. The number of carbonyl (C=O) groups excluding carboxylic acids is 1. The molecule has 22 heavy (non-hydrogen) atoms. The maximum absolute atomic E-state index is 11.6. The van der Waals surface area contributed by atoms with Crippen LogP contribution in [0.25, 0.3) is 0 Å². The molecule has 0 spiro atoms. The average Bonchev–Trinajstić information content (AvgIpc) is 2.43. The predicted octanol–water partition coefficient (Wildman–Crippen LogP) is 0.562. The second-order valence-corrected chi connectivity index (χ2v) is 7.93. The molecule has 0 aromatic rings. The van der Waals surface area contributed by atoms with Crippen molar-refractivity contribution < 1.29 is 33.1 Å². The van der Waals surface area contributed by atoms with E-state index < -0.39 is 13.4 Å². The van der Waals surface area contributed by atoms with Gasteiger partial charge < -0.3 is 10.6 Å². The Labute approximate surface area is 147 Å². The Kier molecular flexibility index (Phi) is 17.9. The number of hydrogen-bond acceptors (Lipinski definition) is 2. The van der Waals surface area contributed by atoms with Gasteiger partial charge in [-0.3, -0.25) is 9.36 Å². The Balaban J connectivity index is 0. The minimum absolute atomic E-state index is 0. The van der Waals surface area contributed by atoms with E-state index in [1.807, 2.05) is 0 Å². The van der Waals surface area contributed by atoms with E-state index in [0.717, 1.165) is 19.3 Å². The van der Waals surface area contributed by atoms with Gasteiger partial charge in [-0.15, -0.1) is 0 Å². The van der Waals surface area contributed by atoms with Crippen molar-refractivity contribution in [3.8, 4) is 0 Å². The maximum Gasteiger partial charge on any atom is 1.00 e. The van der Waals surface area contributed by atoms with Gasteiger partial charge in [0.2, 0.25) is 5.91 Å². The van der Waals surface area contributed by atoms with Gasteiger partial charge in [-0.05, 0) is 6.42 Å². The number of amides is 1. The van der Waals surface area contributed by atoms with Gasteiger partial charge in [0, 0.05) is 6.16 Å². The number of nitrogens with one attached hydrogen (secondary N) is 1. The molecule has 0 aliphatic heterocycles. The van der Waals surface area contributed by atoms with Crippen molar-refractivity contribution in [3.05, 3.63) is 0 Å². The van der Waals surface area contributed by atoms with Gasteiger partial charge in [-0.1, -0.05) is 71.1 Å². The predicted molar refractivity (Wildman–Crippen MR) is 88.4 cm³/mol. The van der Waals surface area contributed by atoms with Crippen molar-refractivity contribution in [1.82, 2.24) is 5.09 Å². The van der Waals surface area contributed by atoms with Gasteiger partial charge >= 0.3 is 18.9 Å². The molecule has 0 saturated carbocycles. The monoisotopic (exact) mass is 327 g/mol. The van der Waals surface area contributed by atoms with Gasteiger partial charge in [0.25, 0.3) is 7.52 Å². The molecule has 0 rings (SSSR count). The third-order valence-corrected chi connectivity index (χ3v) is 5.14. The molecular formula is C15H33LiN2O3P+. The van der Waals surface area contributed by atoms with Crippen LogP contribution in [0.5, 0.6) is 0 Å². The van der Waals surface area contributed by atoms with Gasteiger partial charge in [0.1, 0.15) is 0 Å². The zero-order valence-corrected chi connectivity index (χ0v) is 15.4. The van der Waals surface area contributed by atoms with Crippen molar-refractivity contribution in [2.75, 3.05) is 12.7 Å². The molecule has 7 heteroatoms. The number of carbonyl (C=O) groups is 1. The van der Waals surface area contributed by atoms with E-state index in [1.165, 1.54) is 51.4 Å². The Morgan fingerprint density at radius 3 is 1.77 bits per heavy atom. The maximum atomic E-state index is 11.6. The largest absolute Gasteiger partial charge is 1.00 e. The van der Waals surface area contributed by atoms with Crippen LogP contribution in [-0.4, -0.2) is 23.5 Å². The smallest absolute Gasteiger partial charge is 0.369 e. The fourth-order valence-electron chi connectivity index (χ4n) is 2.27. The van der Waals surface area contributed by atoms with Gasteiger partial charge in [0.15, 0.2) is 0 Å². The zero-order chi connectivity index (χ0) is 16.0. The number of unbranched alkanes of at least 4 members (excludes halogenated alkanes) is 10. The first-order valence-corrected chi connectivity index (χ1v) is 10.2. The molecule has 5 nitrogen and oxygen atoms in total. The van der Waals surface area contributed by atoms with E-state index in [2.05, 4.69) is 12.0 Å². The summed E-state index contributed by atoms with van der Waals surface area (Å²) in [6.07, 6.45) is 13.5. The number of primary amides is 1. The molecule has 0 heterocycles. The van der Waals surface area contributed by atoms with Crippen LogP contribution in [0.4, 0.5) is 0 Å². The van der Waals surface area contributed by atoms with Crippen LogP contribution < -0.4 is 29.7 Å². The summed E-state index contributed by atoms with van der Waals surface area (Å²) < 4.78 is 11.6. The van der Waals surface area contributed by atoms with Crippen LogP contribution in [-0.2, 0) is 9.36 Å². The average molecular weight is 327 g/mol. The van der Waals surface area contributed by atoms with Crippen molar-refractivity contribution in [1.29, 1.82) is 0 Å². The fourth-order valence-corrected chi connectivity index (χ4v) is 3.48. The van der Waals surface area contributed by atoms with E-state index in [-0.39, 0.29) is 31.6 Å². The molecule has 0 bridgehead atoms. The standard InChI is InChI=1S/C15H33N2O3P.Li/c1-2-3-4-5-6-7-8-9-10-11-12-13-21(19,20)17-14-15(16)18;/h2-14H2,1H3,(H2,16,18)(H2,17,19,20);/q;+1. The third kappa shape index (κ3) is 18.3. The SMILES string of the molecule is CCCCCCCCCCCCCP(=O)(O)NCC(N)=O.[Li+]. The Bertz CT molecular complexity index is 317. The topological polar surface area (TPSA) is 92.4 Å². The Morgan fingerprint density at radius 2 is 1.36 bits per heavy atom. The van der Waals surface area contributed by atoms with Crippen LogP contribution in [0.3, 0.4) is 0 Å². The number of hydrogen-bond donors (Lipinski definition) is 3. The first-order valence-electron chi connectivity index (χ1n) is 8.33. The van der Waals surface area contributed by atoms with Crippen LogP contribution in [0, 0.1) is 0 Å². The molecule has 0 aromatic carbocycles. The van der Waals surface area contributed by atoms with Crippen molar-refractivity contribution in [2.45, 2.75) is 77.6 Å². The van der Waals surface area contributed by atoms with Crippen LogP contribution >= 0.6 is 7.52 Å². The molecule has 0 aromatic heterocycles. The fraction of sp³-hybridized carbons (Fsp3) is 0.933. The molecule has 1 amide bonds. The zero-order valence-electron chi connectivity index (χ0n) is 14.5. The first-order chi connectivity index (χ1) is 9.98. The van der Waals surface area contributed by atoms with Gasteiger partial charge in [-0.2, -0.15) is 0 Å². The van der Waals surface area contributed by atoms with Gasteiger partial charge in [-0.25, -0.2) is 5.09 Å². The Hall–Kier alpha value is 0.217. The molecule has 126 valence electrons. The first kappa shape index (κ1) is 24.5. The van der Waals surface area contributed by atoms with Crippen molar-refractivity contribution >= 4 is 13.4 Å². The number of rotatable bonds is 15. The summed E-state index contributed by atoms with van der Waals surface area (Å²) in [5, 5.41) is 2.33. The molecule has 0 aliphatic carbocycles. The molecule has 0 aliphatic rings. The molecule has 4 N–H and O–H groups in total. The molecular weight excluding hydrogens is 294 g/mol. The number of nitrogens with two attached hydrogens (primary N) is 1. The van der Waals surface area contributed by atoms with E-state index in [4.69, 9.17) is 5.73 Å². The molecule has 0 radical (unpaired) electrons. The molecule has 0 fully saturated rings. The summed E-state index contributed by atoms with van der Waals surface area (Å²) in [5.74, 6) is -0.608. The van der Waals surface area contributed by atoms with E-state index in [0.29, 0.717) is 0 Å². The van der Waals surface area contributed by atoms with Crippen LogP contribution in [0.2, 0.25) is 0 Å². The van der Waals surface area contributed by atoms with Gasteiger partial charge in [0.05, 0.1) is 6.54 Å². The minimum Gasteiger partial charge on any atom is -0.369 e. The summed E-state index contributed by atoms with van der Waals surface area (Å²) in [6.45, 7) is 2.00.